The number of likely N-dealkylation sites (N-methyl/N-ethyl adjacent to an activating group) is 2. The van der Waals surface area contributed by atoms with Crippen LogP contribution >= 0.6 is 0 Å². The number of amides is 1. The zero-order valence-electron chi connectivity index (χ0n) is 35.5. The van der Waals surface area contributed by atoms with Gasteiger partial charge in [0.25, 0.3) is 16.0 Å². The number of hydrogen-bond acceptors (Lipinski definition) is 12. The van der Waals surface area contributed by atoms with E-state index in [2.05, 4.69) is 11.0 Å². The first-order valence-corrected chi connectivity index (χ1v) is 22.2. The van der Waals surface area contributed by atoms with Crippen LogP contribution in [-0.2, 0) is 32.4 Å². The number of allylic oxidation sites excluding steroid dienone is 1. The molecule has 4 aliphatic heterocycles. The van der Waals surface area contributed by atoms with Crippen LogP contribution in [0.2, 0.25) is 0 Å². The second-order valence-corrected chi connectivity index (χ2v) is 19.1. The van der Waals surface area contributed by atoms with E-state index in [9.17, 15) is 40.8 Å². The molecule has 1 aromatic heterocycles. The molecule has 9 rings (SSSR count). The van der Waals surface area contributed by atoms with Gasteiger partial charge >= 0.3 is 28.4 Å². The third-order valence-electron chi connectivity index (χ3n) is 12.6. The minimum atomic E-state index is -4.93. The number of aromatic carboxylic acids is 1. The van der Waals surface area contributed by atoms with E-state index in [4.69, 9.17) is 21.8 Å². The number of rotatable bonds is 4. The molecule has 4 aliphatic rings. The van der Waals surface area contributed by atoms with E-state index in [0.29, 0.717) is 34.2 Å². The van der Waals surface area contributed by atoms with Crippen molar-refractivity contribution in [1.29, 1.82) is 0 Å². The minimum absolute atomic E-state index is 0.0141. The van der Waals surface area contributed by atoms with Crippen molar-refractivity contribution in [3.63, 3.8) is 0 Å². The van der Waals surface area contributed by atoms with E-state index in [1.165, 1.54) is 35.2 Å². The monoisotopic (exact) mass is 933 g/mol. The molecular formula is C45H38F3N3O12S2. The number of carbonyl (C=O) groups is 2. The molecule has 4 aromatic carbocycles. The van der Waals surface area contributed by atoms with Crippen molar-refractivity contribution >= 4 is 71.8 Å². The van der Waals surface area contributed by atoms with Crippen molar-refractivity contribution in [3.8, 4) is 11.5 Å². The molecular weight excluding hydrogens is 896 g/mol. The molecule has 5 heterocycles. The predicted octanol–water partition coefficient (Wildman–Crippen LogP) is 7.70. The maximum Gasteiger partial charge on any atom is 0.425 e. The van der Waals surface area contributed by atoms with Gasteiger partial charge in [-0.25, -0.2) is 9.59 Å². The molecule has 0 saturated heterocycles. The quantitative estimate of drug-likeness (QED) is 0.131. The lowest BCUT2D eigenvalue weighted by molar-refractivity contribution is -0.136. The first kappa shape index (κ1) is 44.8. The van der Waals surface area contributed by atoms with Gasteiger partial charge in [0.2, 0.25) is 0 Å². The Morgan fingerprint density at radius 3 is 1.92 bits per heavy atom. The molecule has 0 radical (unpaired) electrons. The predicted molar refractivity (Wildman–Crippen MR) is 233 cm³/mol. The number of ether oxygens (including phenoxy) is 1. The molecule has 2 N–H and O–H groups in total. The Balaban J connectivity index is 0.00000138. The lowest BCUT2D eigenvalue weighted by Gasteiger charge is -2.47. The number of benzene rings is 4. The van der Waals surface area contributed by atoms with Gasteiger partial charge in [-0.3, -0.25) is 14.2 Å². The Morgan fingerprint density at radius 1 is 0.785 bits per heavy atom. The number of fused-ring (bicyclic) bond motifs is 9. The highest BCUT2D eigenvalue weighted by atomic mass is 32.2. The van der Waals surface area contributed by atoms with E-state index < -0.39 is 83.3 Å². The number of anilines is 3. The topological polar surface area (TPSA) is 209 Å². The molecule has 338 valence electrons. The number of carboxylic acid groups (broad SMARTS) is 1. The molecule has 5 aromatic rings. The molecule has 1 unspecified atom stereocenters. The molecule has 0 bridgehead atoms. The van der Waals surface area contributed by atoms with Crippen molar-refractivity contribution < 1.29 is 62.6 Å². The van der Waals surface area contributed by atoms with Crippen molar-refractivity contribution in [3.05, 3.63) is 134 Å². The van der Waals surface area contributed by atoms with Crippen LogP contribution in [-0.4, -0.2) is 73.5 Å². The van der Waals surface area contributed by atoms with Gasteiger partial charge in [-0.15, -0.1) is 12.6 Å². The maximum absolute atomic E-state index is 15.3. The summed E-state index contributed by atoms with van der Waals surface area (Å²) in [4.78, 5) is 45.7. The second-order valence-electron chi connectivity index (χ2n) is 17.3. The van der Waals surface area contributed by atoms with Crippen LogP contribution in [0.1, 0.15) is 88.7 Å². The van der Waals surface area contributed by atoms with Gasteiger partial charge in [-0.05, 0) is 82.2 Å². The zero-order chi connectivity index (χ0) is 47.7. The van der Waals surface area contributed by atoms with Gasteiger partial charge in [-0.1, -0.05) is 18.2 Å². The summed E-state index contributed by atoms with van der Waals surface area (Å²) in [5.74, 6) is -2.28. The number of nitrogens with zero attached hydrogens (tertiary/aromatic N) is 3. The SMILES string of the molecule is CC1=CC(C)(C)N(C)c2cc3c(cc21)C1(c2cc4c(cc2O3)N(C)C(C)(C)C=C4CS(=O)(=O)O)c2ccc(C(=O)O)cc2C(=O)N1c1ccc2c(C(F)(F)F)cc(=O)oc2c1.O=S(=O)=O. The molecule has 0 saturated carbocycles. The average molecular weight is 934 g/mol. The van der Waals surface area contributed by atoms with E-state index in [0.717, 1.165) is 22.9 Å². The standard InChI is InChI=1S/C45H38F3N3O9S.O3S/c1-22-19-42(2,3)49(6)34-17-37-32(14-27(22)34)44(33-15-28-24(21-61(56,57)58)20-43(4,5)50(7)35(28)18-38(33)59-37)30-11-8-23(41(54)55)12-29(30)40(53)51(44)25-9-10-26-31(45(46,47)48)16-39(52)60-36(26)13-25;1-4(2)3/h8-20H,21H2,1-7H3,(H,54,55)(H,56,57,58);. The summed E-state index contributed by atoms with van der Waals surface area (Å²) in [7, 11) is -3.95. The van der Waals surface area contributed by atoms with Crippen molar-refractivity contribution in [1.82, 2.24) is 0 Å². The van der Waals surface area contributed by atoms with Crippen LogP contribution < -0.4 is 25.1 Å². The lowest BCUT2D eigenvalue weighted by Crippen LogP contribution is -2.48. The highest BCUT2D eigenvalue weighted by Crippen LogP contribution is 2.62. The summed E-state index contributed by atoms with van der Waals surface area (Å²) >= 11 is 0. The van der Waals surface area contributed by atoms with Crippen LogP contribution in [0.5, 0.6) is 11.5 Å². The van der Waals surface area contributed by atoms with Crippen LogP contribution in [0.4, 0.5) is 30.2 Å². The number of carbonyl (C=O) groups excluding carboxylic acids is 1. The van der Waals surface area contributed by atoms with Crippen molar-refractivity contribution in [2.24, 2.45) is 0 Å². The summed E-state index contributed by atoms with van der Waals surface area (Å²) in [5, 5.41) is 9.68. The van der Waals surface area contributed by atoms with Gasteiger partial charge in [0.15, 0.2) is 0 Å². The number of halogens is 3. The van der Waals surface area contributed by atoms with Gasteiger partial charge in [0.1, 0.15) is 28.4 Å². The summed E-state index contributed by atoms with van der Waals surface area (Å²) in [6.07, 6.45) is -1.13. The average Bonchev–Trinajstić information content (AvgIpc) is 3.44. The van der Waals surface area contributed by atoms with Crippen LogP contribution in [0, 0.1) is 0 Å². The first-order valence-electron chi connectivity index (χ1n) is 19.6. The second kappa shape index (κ2) is 14.6. The van der Waals surface area contributed by atoms with Crippen LogP contribution in [0.3, 0.4) is 0 Å². The molecule has 0 fully saturated rings. The Bertz CT molecular complexity index is 3340. The highest BCUT2D eigenvalue weighted by molar-refractivity contribution is 7.86. The van der Waals surface area contributed by atoms with E-state index in [1.54, 1.807) is 18.2 Å². The molecule has 1 spiro atoms. The van der Waals surface area contributed by atoms with Crippen LogP contribution in [0.15, 0.2) is 88.1 Å². The Kier molecular flexibility index (Phi) is 10.1. The first-order chi connectivity index (χ1) is 30.1. The van der Waals surface area contributed by atoms with E-state index in [1.807, 2.05) is 65.7 Å². The third kappa shape index (κ3) is 7.15. The normalized spacial score (nSPS) is 18.9. The van der Waals surface area contributed by atoms with Crippen molar-refractivity contribution in [2.75, 3.05) is 34.5 Å². The largest absolute Gasteiger partial charge is 0.478 e. The summed E-state index contributed by atoms with van der Waals surface area (Å²) in [6.45, 7) is 9.78. The smallest absolute Gasteiger partial charge is 0.425 e. The summed E-state index contributed by atoms with van der Waals surface area (Å²) in [5.41, 5.74) is -1.65. The fourth-order valence-electron chi connectivity index (χ4n) is 9.44. The van der Waals surface area contributed by atoms with Gasteiger partial charge in [-0.2, -0.15) is 21.6 Å². The van der Waals surface area contributed by atoms with Crippen LogP contribution in [0.25, 0.3) is 22.1 Å². The fourth-order valence-corrected chi connectivity index (χ4v) is 10.1. The molecule has 1 amide bonds. The van der Waals surface area contributed by atoms with Gasteiger partial charge in [0.05, 0.1) is 22.2 Å². The Hall–Kier alpha value is -6.77. The Morgan fingerprint density at radius 2 is 1.35 bits per heavy atom. The summed E-state index contributed by atoms with van der Waals surface area (Å²) in [6, 6.07) is 15.2. The molecule has 0 aliphatic carbocycles. The zero-order valence-corrected chi connectivity index (χ0v) is 37.1. The molecule has 65 heavy (non-hydrogen) atoms. The van der Waals surface area contributed by atoms with Gasteiger partial charge < -0.3 is 24.1 Å². The maximum atomic E-state index is 15.3. The number of carboxylic acids is 1. The fraction of sp³-hybridized carbons (Fsp3) is 0.267. The molecule has 1 atom stereocenters. The van der Waals surface area contributed by atoms with E-state index in [-0.39, 0.29) is 33.7 Å². The minimum Gasteiger partial charge on any atom is -0.478 e. The molecule has 20 heteroatoms. The number of alkyl halides is 3. The highest BCUT2D eigenvalue weighted by Gasteiger charge is 2.58. The Labute approximate surface area is 370 Å². The molecule has 15 nitrogen and oxygen atoms in total. The van der Waals surface area contributed by atoms with E-state index >= 15 is 4.79 Å². The number of hydrogen-bond donors (Lipinski definition) is 2. The lowest BCUT2D eigenvalue weighted by atomic mass is 9.72. The van der Waals surface area contributed by atoms with Crippen molar-refractivity contribution in [2.45, 2.75) is 57.4 Å². The van der Waals surface area contributed by atoms with Gasteiger partial charge in [0, 0.05) is 94.2 Å². The summed E-state index contributed by atoms with van der Waals surface area (Å²) < 4.78 is 116. The third-order valence-corrected chi connectivity index (χ3v) is 13.2.